The average Bonchev–Trinajstić information content (AvgIpc) is 2.15. The molecule has 14 heavy (non-hydrogen) atoms. The lowest BCUT2D eigenvalue weighted by Crippen LogP contribution is -2.46. The van der Waals surface area contributed by atoms with Crippen LogP contribution in [-0.4, -0.2) is 40.1 Å². The molecule has 0 bridgehead atoms. The van der Waals surface area contributed by atoms with Crippen molar-refractivity contribution < 1.29 is 9.90 Å². The van der Waals surface area contributed by atoms with Gasteiger partial charge in [0, 0.05) is 13.1 Å². The number of hydrogen-bond acceptors (Lipinski definition) is 3. The second kappa shape index (κ2) is 4.70. The van der Waals surface area contributed by atoms with Crippen LogP contribution in [0.4, 0.5) is 0 Å². The predicted octanol–water partition coefficient (Wildman–Crippen LogP) is -0.108. The van der Waals surface area contributed by atoms with Crippen molar-refractivity contribution in [3.63, 3.8) is 0 Å². The Bertz CT molecular complexity index is 245. The maximum atomic E-state index is 11.7. The average molecular weight is 216 g/mol. The highest BCUT2D eigenvalue weighted by Crippen LogP contribution is 2.13. The molecular formula is C9H16N2O2S. The molecule has 0 radical (unpaired) electrons. The predicted molar refractivity (Wildman–Crippen MR) is 57.8 cm³/mol. The van der Waals surface area contributed by atoms with Crippen LogP contribution in [0.15, 0.2) is 0 Å². The third kappa shape index (κ3) is 2.65. The molecule has 80 valence electrons. The number of carbonyl (C=O) groups excluding carboxylic acids is 1. The van der Waals surface area contributed by atoms with Crippen LogP contribution < -0.4 is 5.73 Å². The van der Waals surface area contributed by atoms with Crippen LogP contribution in [0.3, 0.4) is 0 Å². The number of aliphatic hydroxyl groups excluding tert-OH is 1. The summed E-state index contributed by atoms with van der Waals surface area (Å²) >= 11 is 4.76. The second-order valence-corrected chi connectivity index (χ2v) is 4.18. The number of nitrogens with two attached hydrogens (primary N) is 1. The van der Waals surface area contributed by atoms with Gasteiger partial charge < -0.3 is 15.7 Å². The Kier molecular flexibility index (Phi) is 3.83. The summed E-state index contributed by atoms with van der Waals surface area (Å²) in [6.45, 7) is 2.81. The topological polar surface area (TPSA) is 66.6 Å². The van der Waals surface area contributed by atoms with E-state index in [1.807, 2.05) is 0 Å². The molecule has 2 atom stereocenters. The number of β-amino-alcohol motifs (C(OH)–C–C–N with tert-alkyl or cyclic N) is 1. The molecule has 4 nitrogen and oxygen atoms in total. The van der Waals surface area contributed by atoms with E-state index in [1.54, 1.807) is 11.8 Å². The Morgan fingerprint density at radius 3 is 2.86 bits per heavy atom. The highest BCUT2D eigenvalue weighted by atomic mass is 32.1. The number of thiocarbonyl (C=S) groups is 1. The normalized spacial score (nSPS) is 24.4. The van der Waals surface area contributed by atoms with Crippen LogP contribution in [-0.2, 0) is 4.79 Å². The Hall–Kier alpha value is -0.680. The Morgan fingerprint density at radius 1 is 1.71 bits per heavy atom. The molecule has 1 amide bonds. The van der Waals surface area contributed by atoms with Gasteiger partial charge in [0.25, 0.3) is 0 Å². The molecule has 1 heterocycles. The van der Waals surface area contributed by atoms with Gasteiger partial charge in [0.15, 0.2) is 0 Å². The number of nitrogens with zero attached hydrogens (tertiary/aromatic N) is 1. The number of amides is 1. The van der Waals surface area contributed by atoms with E-state index in [0.717, 1.165) is 12.8 Å². The van der Waals surface area contributed by atoms with Gasteiger partial charge in [-0.3, -0.25) is 4.79 Å². The second-order valence-electron chi connectivity index (χ2n) is 3.70. The van der Waals surface area contributed by atoms with Crippen molar-refractivity contribution in [2.24, 2.45) is 11.7 Å². The minimum absolute atomic E-state index is 0.0729. The number of hydrogen-bond donors (Lipinski definition) is 2. The lowest BCUT2D eigenvalue weighted by Gasteiger charge is -2.31. The molecule has 1 fully saturated rings. The zero-order valence-corrected chi connectivity index (χ0v) is 9.09. The fourth-order valence-corrected chi connectivity index (χ4v) is 1.65. The summed E-state index contributed by atoms with van der Waals surface area (Å²) in [5.74, 6) is -0.494. The molecule has 1 aliphatic rings. The maximum absolute atomic E-state index is 11.7. The van der Waals surface area contributed by atoms with Crippen molar-refractivity contribution in [1.29, 1.82) is 0 Å². The molecule has 0 aromatic carbocycles. The Labute approximate surface area is 89.1 Å². The molecular weight excluding hydrogens is 200 g/mol. The van der Waals surface area contributed by atoms with E-state index in [1.165, 1.54) is 0 Å². The van der Waals surface area contributed by atoms with Crippen molar-refractivity contribution in [2.45, 2.75) is 25.9 Å². The van der Waals surface area contributed by atoms with Crippen LogP contribution in [0, 0.1) is 5.92 Å². The number of aliphatic hydroxyl groups is 1. The molecule has 5 heteroatoms. The minimum Gasteiger partial charge on any atom is -0.393 e. The van der Waals surface area contributed by atoms with Crippen LogP contribution in [0.5, 0.6) is 0 Å². The van der Waals surface area contributed by atoms with Crippen LogP contribution in [0.25, 0.3) is 0 Å². The van der Waals surface area contributed by atoms with Gasteiger partial charge in [-0.25, -0.2) is 0 Å². The molecule has 0 aliphatic carbocycles. The standard InChI is InChI=1S/C9H16N2O2S/c1-6(8(10)14)9(13)11-4-2-3-7(12)5-11/h6-7,12H,2-5H2,1H3,(H2,10,14). The van der Waals surface area contributed by atoms with Crippen molar-refractivity contribution in [3.8, 4) is 0 Å². The van der Waals surface area contributed by atoms with E-state index in [2.05, 4.69) is 0 Å². The van der Waals surface area contributed by atoms with Gasteiger partial charge >= 0.3 is 0 Å². The zero-order chi connectivity index (χ0) is 10.7. The van der Waals surface area contributed by atoms with E-state index < -0.39 is 12.0 Å². The molecule has 0 spiro atoms. The summed E-state index contributed by atoms with van der Waals surface area (Å²) in [6, 6.07) is 0. The molecule has 1 saturated heterocycles. The van der Waals surface area contributed by atoms with Crippen LogP contribution in [0.2, 0.25) is 0 Å². The SMILES string of the molecule is CC(C(=O)N1CCCC(O)C1)C(N)=S. The highest BCUT2D eigenvalue weighted by molar-refractivity contribution is 7.80. The number of piperidine rings is 1. The van der Waals surface area contributed by atoms with E-state index >= 15 is 0 Å². The van der Waals surface area contributed by atoms with Crippen LogP contribution in [0.1, 0.15) is 19.8 Å². The molecule has 0 saturated carbocycles. The van der Waals surface area contributed by atoms with E-state index in [4.69, 9.17) is 18.0 Å². The first-order valence-electron chi connectivity index (χ1n) is 4.78. The number of rotatable bonds is 2. The van der Waals surface area contributed by atoms with Gasteiger partial charge in [-0.1, -0.05) is 12.2 Å². The van der Waals surface area contributed by atoms with Gasteiger partial charge in [0.05, 0.1) is 17.0 Å². The van der Waals surface area contributed by atoms with E-state index in [0.29, 0.717) is 13.1 Å². The summed E-state index contributed by atoms with van der Waals surface area (Å²) in [5.41, 5.74) is 5.40. The summed E-state index contributed by atoms with van der Waals surface area (Å²) in [4.78, 5) is 13.6. The van der Waals surface area contributed by atoms with Crippen molar-refractivity contribution >= 4 is 23.1 Å². The minimum atomic E-state index is -0.421. The number of likely N-dealkylation sites (tertiary alicyclic amines) is 1. The first kappa shape index (κ1) is 11.4. The van der Waals surface area contributed by atoms with E-state index in [9.17, 15) is 9.90 Å². The quantitative estimate of drug-likeness (QED) is 0.632. The van der Waals surface area contributed by atoms with Crippen molar-refractivity contribution in [1.82, 2.24) is 4.90 Å². The highest BCUT2D eigenvalue weighted by Gasteiger charge is 2.26. The number of carbonyl (C=O) groups is 1. The van der Waals surface area contributed by atoms with Crippen LogP contribution >= 0.6 is 12.2 Å². The molecule has 1 aliphatic heterocycles. The van der Waals surface area contributed by atoms with Crippen molar-refractivity contribution in [3.05, 3.63) is 0 Å². The summed E-state index contributed by atoms with van der Waals surface area (Å²) in [7, 11) is 0. The largest absolute Gasteiger partial charge is 0.393 e. The molecule has 0 aromatic rings. The van der Waals surface area contributed by atoms with Gasteiger partial charge in [0.2, 0.25) is 5.91 Å². The Morgan fingerprint density at radius 2 is 2.36 bits per heavy atom. The first-order chi connectivity index (χ1) is 6.52. The fourth-order valence-electron chi connectivity index (χ4n) is 1.55. The van der Waals surface area contributed by atoms with Gasteiger partial charge in [-0.15, -0.1) is 0 Å². The lowest BCUT2D eigenvalue weighted by molar-refractivity contribution is -0.135. The van der Waals surface area contributed by atoms with Gasteiger partial charge in [-0.2, -0.15) is 0 Å². The molecule has 1 rings (SSSR count). The first-order valence-corrected chi connectivity index (χ1v) is 5.19. The zero-order valence-electron chi connectivity index (χ0n) is 8.27. The Balaban J connectivity index is 2.55. The van der Waals surface area contributed by atoms with E-state index in [-0.39, 0.29) is 10.9 Å². The smallest absolute Gasteiger partial charge is 0.232 e. The third-order valence-corrected chi connectivity index (χ3v) is 2.86. The maximum Gasteiger partial charge on any atom is 0.232 e. The monoisotopic (exact) mass is 216 g/mol. The van der Waals surface area contributed by atoms with Gasteiger partial charge in [-0.05, 0) is 19.8 Å². The van der Waals surface area contributed by atoms with Gasteiger partial charge in [0.1, 0.15) is 0 Å². The molecule has 3 N–H and O–H groups in total. The lowest BCUT2D eigenvalue weighted by atomic mass is 10.1. The summed E-state index contributed by atoms with van der Waals surface area (Å²) in [5, 5.41) is 9.39. The summed E-state index contributed by atoms with van der Waals surface area (Å²) < 4.78 is 0. The van der Waals surface area contributed by atoms with Crippen molar-refractivity contribution in [2.75, 3.05) is 13.1 Å². The summed E-state index contributed by atoms with van der Waals surface area (Å²) in [6.07, 6.45) is 1.22. The molecule has 0 aromatic heterocycles. The third-order valence-electron chi connectivity index (χ3n) is 2.51. The molecule has 2 unspecified atom stereocenters. The fraction of sp³-hybridized carbons (Fsp3) is 0.778.